The smallest absolute Gasteiger partial charge is 0.174 e. The number of rotatable bonds is 5. The first-order valence-corrected chi connectivity index (χ1v) is 10.6. The molecule has 1 aliphatic rings. The van der Waals surface area contributed by atoms with E-state index in [0.29, 0.717) is 5.92 Å². The van der Waals surface area contributed by atoms with Crippen molar-refractivity contribution < 1.29 is 4.74 Å². The van der Waals surface area contributed by atoms with Crippen molar-refractivity contribution in [2.45, 2.75) is 32.2 Å². The van der Waals surface area contributed by atoms with Gasteiger partial charge < -0.3 is 9.30 Å². The molecule has 2 aromatic carbocycles. The third kappa shape index (κ3) is 3.89. The topological polar surface area (TPSA) is 57.8 Å². The number of ether oxygens (including phenoxy) is 1. The van der Waals surface area contributed by atoms with E-state index in [0.717, 1.165) is 53.7 Å². The predicted molar refractivity (Wildman–Crippen MR) is 121 cm³/mol. The SMILES string of the molecule is COc1cc(/C=C/c2nc3n(n2)CCC[C@H]3c2ccccc2)ccc1-n1cnc(C)c1. The molecule has 0 radical (unpaired) electrons. The number of aryl methyl sites for hydroxylation is 2. The molecule has 0 spiro atoms. The molecule has 0 N–H and O–H groups in total. The van der Waals surface area contributed by atoms with Gasteiger partial charge in [-0.2, -0.15) is 5.10 Å². The van der Waals surface area contributed by atoms with Crippen LogP contribution in [0, 0.1) is 6.92 Å². The maximum Gasteiger partial charge on any atom is 0.174 e. The molecule has 6 nitrogen and oxygen atoms in total. The molecular weight excluding hydrogens is 386 g/mol. The van der Waals surface area contributed by atoms with Gasteiger partial charge in [-0.3, -0.25) is 0 Å². The van der Waals surface area contributed by atoms with Crippen LogP contribution < -0.4 is 4.74 Å². The summed E-state index contributed by atoms with van der Waals surface area (Å²) in [6.45, 7) is 2.90. The highest BCUT2D eigenvalue weighted by atomic mass is 16.5. The highest BCUT2D eigenvalue weighted by Gasteiger charge is 2.25. The van der Waals surface area contributed by atoms with Gasteiger partial charge in [0.15, 0.2) is 5.82 Å². The Balaban J connectivity index is 1.41. The number of hydrogen-bond donors (Lipinski definition) is 0. The van der Waals surface area contributed by atoms with Crippen LogP contribution in [-0.2, 0) is 6.54 Å². The van der Waals surface area contributed by atoms with Crippen molar-refractivity contribution in [2.24, 2.45) is 0 Å². The molecule has 0 fully saturated rings. The van der Waals surface area contributed by atoms with E-state index in [-0.39, 0.29) is 0 Å². The minimum Gasteiger partial charge on any atom is -0.495 e. The third-order valence-corrected chi connectivity index (χ3v) is 5.71. The normalized spacial score (nSPS) is 15.9. The number of benzene rings is 2. The van der Waals surface area contributed by atoms with Crippen molar-refractivity contribution in [3.05, 3.63) is 89.5 Å². The molecule has 0 saturated carbocycles. The Bertz CT molecular complexity index is 1220. The Hall–Kier alpha value is -3.67. The minimum absolute atomic E-state index is 0.308. The van der Waals surface area contributed by atoms with E-state index in [9.17, 15) is 0 Å². The first-order chi connectivity index (χ1) is 15.2. The van der Waals surface area contributed by atoms with Gasteiger partial charge in [-0.1, -0.05) is 42.5 Å². The lowest BCUT2D eigenvalue weighted by atomic mass is 9.91. The molecule has 0 unspecified atom stereocenters. The molecule has 1 atom stereocenters. The predicted octanol–water partition coefficient (Wildman–Crippen LogP) is 4.88. The van der Waals surface area contributed by atoms with Crippen LogP contribution >= 0.6 is 0 Å². The number of hydrogen-bond acceptors (Lipinski definition) is 4. The summed E-state index contributed by atoms with van der Waals surface area (Å²) < 4.78 is 9.64. The Labute approximate surface area is 181 Å². The van der Waals surface area contributed by atoms with Crippen molar-refractivity contribution in [2.75, 3.05) is 7.11 Å². The van der Waals surface area contributed by atoms with Crippen LogP contribution in [0.15, 0.2) is 61.1 Å². The standard InChI is InChI=1S/C25H25N5O/c1-18-16-29(17-26-18)22-12-10-19(15-23(22)31-2)11-13-24-27-25-21(9-6-14-30(25)28-24)20-7-4-3-5-8-20/h3-5,7-8,10-13,15-17,21H,6,9,14H2,1-2H3/b13-11+/t21-/m0/s1. The summed E-state index contributed by atoms with van der Waals surface area (Å²) in [5.41, 5.74) is 4.27. The zero-order valence-electron chi connectivity index (χ0n) is 17.8. The van der Waals surface area contributed by atoms with Gasteiger partial charge in [-0.15, -0.1) is 0 Å². The molecule has 0 amide bonds. The van der Waals surface area contributed by atoms with Crippen LogP contribution in [0.25, 0.3) is 17.8 Å². The summed E-state index contributed by atoms with van der Waals surface area (Å²) in [6.07, 6.45) is 10.0. The zero-order chi connectivity index (χ0) is 21.2. The van der Waals surface area contributed by atoms with Crippen molar-refractivity contribution >= 4 is 12.2 Å². The number of imidazole rings is 1. The van der Waals surface area contributed by atoms with Crippen LogP contribution in [0.2, 0.25) is 0 Å². The lowest BCUT2D eigenvalue weighted by molar-refractivity contribution is 0.413. The second-order valence-electron chi connectivity index (χ2n) is 7.84. The molecule has 6 heteroatoms. The molecule has 3 heterocycles. The van der Waals surface area contributed by atoms with Crippen molar-refractivity contribution in [1.29, 1.82) is 0 Å². The zero-order valence-corrected chi connectivity index (χ0v) is 17.8. The van der Waals surface area contributed by atoms with Crippen LogP contribution in [0.3, 0.4) is 0 Å². The average Bonchev–Trinajstić information content (AvgIpc) is 3.43. The molecule has 0 saturated heterocycles. The molecule has 4 aromatic rings. The molecule has 31 heavy (non-hydrogen) atoms. The number of nitrogens with zero attached hydrogens (tertiary/aromatic N) is 5. The largest absolute Gasteiger partial charge is 0.495 e. The quantitative estimate of drug-likeness (QED) is 0.470. The summed E-state index contributed by atoms with van der Waals surface area (Å²) in [5.74, 6) is 2.90. The highest BCUT2D eigenvalue weighted by Crippen LogP contribution is 2.32. The Morgan fingerprint density at radius 1 is 1.10 bits per heavy atom. The van der Waals surface area contributed by atoms with Crippen LogP contribution in [0.1, 0.15) is 47.2 Å². The molecule has 0 aliphatic carbocycles. The summed E-state index contributed by atoms with van der Waals surface area (Å²) in [6, 6.07) is 16.7. The van der Waals surface area contributed by atoms with Gasteiger partial charge in [-0.25, -0.2) is 14.6 Å². The van der Waals surface area contributed by atoms with Crippen molar-refractivity contribution in [1.82, 2.24) is 24.3 Å². The van der Waals surface area contributed by atoms with Crippen molar-refractivity contribution in [3.63, 3.8) is 0 Å². The maximum atomic E-state index is 5.61. The molecule has 5 rings (SSSR count). The van der Waals surface area contributed by atoms with E-state index in [1.54, 1.807) is 13.4 Å². The van der Waals surface area contributed by atoms with E-state index >= 15 is 0 Å². The summed E-state index contributed by atoms with van der Waals surface area (Å²) in [4.78, 5) is 9.16. The second kappa shape index (κ2) is 8.22. The second-order valence-corrected chi connectivity index (χ2v) is 7.84. The van der Waals surface area contributed by atoms with Gasteiger partial charge in [0, 0.05) is 18.7 Å². The molecule has 156 valence electrons. The monoisotopic (exact) mass is 411 g/mol. The lowest BCUT2D eigenvalue weighted by Crippen LogP contribution is -2.17. The fourth-order valence-corrected chi connectivity index (χ4v) is 4.18. The Morgan fingerprint density at radius 2 is 1.97 bits per heavy atom. The lowest BCUT2D eigenvalue weighted by Gasteiger charge is -2.22. The number of aromatic nitrogens is 5. The fourth-order valence-electron chi connectivity index (χ4n) is 4.18. The molecular formula is C25H25N5O. The number of methoxy groups -OCH3 is 1. The van der Waals surface area contributed by atoms with Gasteiger partial charge in [0.05, 0.1) is 24.8 Å². The minimum atomic E-state index is 0.308. The average molecular weight is 412 g/mol. The summed E-state index contributed by atoms with van der Waals surface area (Å²) in [5, 5.41) is 4.73. The first-order valence-electron chi connectivity index (χ1n) is 10.6. The van der Waals surface area contributed by atoms with E-state index in [1.807, 2.05) is 42.0 Å². The van der Waals surface area contributed by atoms with Crippen LogP contribution in [-0.4, -0.2) is 31.4 Å². The van der Waals surface area contributed by atoms with Gasteiger partial charge in [0.1, 0.15) is 11.6 Å². The fraction of sp³-hybridized carbons (Fsp3) is 0.240. The maximum absolute atomic E-state index is 5.61. The van der Waals surface area contributed by atoms with E-state index < -0.39 is 0 Å². The van der Waals surface area contributed by atoms with Gasteiger partial charge in [-0.05, 0) is 49.1 Å². The van der Waals surface area contributed by atoms with E-state index in [1.165, 1.54) is 5.56 Å². The first kappa shape index (κ1) is 19.3. The third-order valence-electron chi connectivity index (χ3n) is 5.71. The molecule has 1 aliphatic heterocycles. The highest BCUT2D eigenvalue weighted by molar-refractivity contribution is 5.69. The molecule has 2 aromatic heterocycles. The van der Waals surface area contributed by atoms with Crippen molar-refractivity contribution in [3.8, 4) is 11.4 Å². The number of fused-ring (bicyclic) bond motifs is 1. The van der Waals surface area contributed by atoms with E-state index in [4.69, 9.17) is 14.8 Å². The van der Waals surface area contributed by atoms with Crippen LogP contribution in [0.5, 0.6) is 5.75 Å². The summed E-state index contributed by atoms with van der Waals surface area (Å²) in [7, 11) is 1.69. The van der Waals surface area contributed by atoms with Gasteiger partial charge >= 0.3 is 0 Å². The van der Waals surface area contributed by atoms with Gasteiger partial charge in [0.2, 0.25) is 0 Å². The van der Waals surface area contributed by atoms with Crippen LogP contribution in [0.4, 0.5) is 0 Å². The van der Waals surface area contributed by atoms with E-state index in [2.05, 4.69) is 46.1 Å². The molecule has 0 bridgehead atoms. The Morgan fingerprint density at radius 3 is 2.74 bits per heavy atom. The Kier molecular flexibility index (Phi) is 5.12. The summed E-state index contributed by atoms with van der Waals surface area (Å²) >= 11 is 0. The van der Waals surface area contributed by atoms with Gasteiger partial charge in [0.25, 0.3) is 0 Å².